The summed E-state index contributed by atoms with van der Waals surface area (Å²) in [5.41, 5.74) is 7.89. The molecule has 0 aliphatic carbocycles. The summed E-state index contributed by atoms with van der Waals surface area (Å²) in [6.45, 7) is 9.51. The number of amides is 1. The van der Waals surface area contributed by atoms with Crippen LogP contribution in [0.2, 0.25) is 0 Å². The third kappa shape index (κ3) is 5.50. The Morgan fingerprint density at radius 2 is 1.67 bits per heavy atom. The monoisotopic (exact) mass is 528 g/mol. The van der Waals surface area contributed by atoms with Crippen molar-refractivity contribution in [3.63, 3.8) is 0 Å². The summed E-state index contributed by atoms with van der Waals surface area (Å²) in [5.74, 6) is 0.756. The van der Waals surface area contributed by atoms with Crippen LogP contribution in [0.5, 0.6) is 11.5 Å². The topological polar surface area (TPSA) is 88.1 Å². The second-order valence-electron chi connectivity index (χ2n) is 10.6. The van der Waals surface area contributed by atoms with E-state index in [1.165, 1.54) is 5.56 Å². The maximum Gasteiger partial charge on any atom is 0.335 e. The summed E-state index contributed by atoms with van der Waals surface area (Å²) < 4.78 is 11.3. The van der Waals surface area contributed by atoms with Crippen molar-refractivity contribution in [2.75, 3.05) is 25.2 Å². The van der Waals surface area contributed by atoms with E-state index < -0.39 is 5.97 Å². The zero-order valence-electron chi connectivity index (χ0n) is 23.0. The number of aromatic carboxylic acids is 1. The minimum Gasteiger partial charge on any atom is -0.478 e. The lowest BCUT2D eigenvalue weighted by atomic mass is 9.92. The van der Waals surface area contributed by atoms with Gasteiger partial charge in [-0.15, -0.1) is 0 Å². The minimum absolute atomic E-state index is 0.0244. The molecular weight excluding hydrogens is 492 g/mol. The molecule has 2 unspecified atom stereocenters. The molecule has 0 saturated carbocycles. The van der Waals surface area contributed by atoms with Gasteiger partial charge in [-0.25, -0.2) is 4.79 Å². The molecule has 2 aliphatic rings. The third-order valence-electron chi connectivity index (χ3n) is 7.92. The van der Waals surface area contributed by atoms with E-state index in [-0.39, 0.29) is 36.8 Å². The maximum absolute atomic E-state index is 13.5. The molecule has 5 rings (SSSR count). The van der Waals surface area contributed by atoms with Crippen molar-refractivity contribution in [2.24, 2.45) is 0 Å². The highest BCUT2D eigenvalue weighted by Gasteiger charge is 2.36. The van der Waals surface area contributed by atoms with Gasteiger partial charge in [0.25, 0.3) is 0 Å². The number of hydrogen-bond acceptors (Lipinski definition) is 5. The van der Waals surface area contributed by atoms with Crippen molar-refractivity contribution < 1.29 is 24.2 Å². The van der Waals surface area contributed by atoms with E-state index in [0.717, 1.165) is 64.3 Å². The summed E-state index contributed by atoms with van der Waals surface area (Å²) in [5, 5.41) is 12.6. The molecule has 39 heavy (non-hydrogen) atoms. The molecule has 2 N–H and O–H groups in total. The molecule has 3 aromatic rings. The third-order valence-corrected chi connectivity index (χ3v) is 7.92. The highest BCUT2D eigenvalue weighted by Crippen LogP contribution is 2.44. The predicted octanol–water partition coefficient (Wildman–Crippen LogP) is 6.02. The van der Waals surface area contributed by atoms with Crippen LogP contribution in [-0.4, -0.2) is 41.8 Å². The normalized spacial score (nSPS) is 18.4. The van der Waals surface area contributed by atoms with Gasteiger partial charge in [-0.05, 0) is 85.0 Å². The van der Waals surface area contributed by atoms with Gasteiger partial charge in [0.1, 0.15) is 0 Å². The molecule has 0 spiro atoms. The van der Waals surface area contributed by atoms with E-state index in [4.69, 9.17) is 9.47 Å². The summed E-state index contributed by atoms with van der Waals surface area (Å²) in [7, 11) is 0. The molecule has 0 radical (unpaired) electrons. The molecule has 2 heterocycles. The van der Waals surface area contributed by atoms with Crippen LogP contribution in [0, 0.1) is 13.8 Å². The van der Waals surface area contributed by atoms with Crippen LogP contribution in [0.4, 0.5) is 5.69 Å². The van der Waals surface area contributed by atoms with Crippen LogP contribution < -0.4 is 14.8 Å². The minimum atomic E-state index is -0.950. The average Bonchev–Trinajstić information content (AvgIpc) is 3.57. The fourth-order valence-corrected chi connectivity index (χ4v) is 5.99. The number of carbonyl (C=O) groups excluding carboxylic acids is 1. The van der Waals surface area contributed by atoms with E-state index in [9.17, 15) is 14.7 Å². The molecule has 2 aliphatic heterocycles. The molecular formula is C32H36N2O5. The van der Waals surface area contributed by atoms with E-state index in [1.54, 1.807) is 12.1 Å². The molecule has 204 valence electrons. The largest absolute Gasteiger partial charge is 0.478 e. The van der Waals surface area contributed by atoms with Crippen molar-refractivity contribution in [2.45, 2.75) is 58.9 Å². The van der Waals surface area contributed by atoms with E-state index in [0.29, 0.717) is 6.54 Å². The smallest absolute Gasteiger partial charge is 0.335 e. The van der Waals surface area contributed by atoms with Gasteiger partial charge < -0.3 is 19.9 Å². The molecule has 1 amide bonds. The lowest BCUT2D eigenvalue weighted by Gasteiger charge is -2.25. The Labute approximate surface area is 229 Å². The summed E-state index contributed by atoms with van der Waals surface area (Å²) in [6.07, 6.45) is 2.50. The number of fused-ring (bicyclic) bond motifs is 1. The Morgan fingerprint density at radius 1 is 0.974 bits per heavy atom. The Hall–Kier alpha value is -3.84. The number of aryl methyl sites for hydroxylation is 4. The first-order valence-corrected chi connectivity index (χ1v) is 13.7. The van der Waals surface area contributed by atoms with Crippen molar-refractivity contribution >= 4 is 17.6 Å². The van der Waals surface area contributed by atoms with E-state index >= 15 is 0 Å². The molecule has 7 heteroatoms. The van der Waals surface area contributed by atoms with Crippen LogP contribution in [0.15, 0.2) is 48.5 Å². The second-order valence-corrected chi connectivity index (χ2v) is 10.6. The zero-order valence-corrected chi connectivity index (χ0v) is 23.0. The number of hydrogen-bond donors (Lipinski definition) is 2. The SMILES string of the molecule is CCc1cc(C)cc(CC)c1NC(=O)CN1CC(c2cc(C)c3c(c2)OCO3)CC1c1ccc(C(=O)O)cc1. The average molecular weight is 529 g/mol. The first kappa shape index (κ1) is 26.8. The number of anilines is 1. The molecule has 1 saturated heterocycles. The Balaban J connectivity index is 1.42. The predicted molar refractivity (Wildman–Crippen MR) is 151 cm³/mol. The van der Waals surface area contributed by atoms with Crippen molar-refractivity contribution in [1.29, 1.82) is 0 Å². The Kier molecular flexibility index (Phi) is 7.62. The van der Waals surface area contributed by atoms with Crippen LogP contribution in [0.25, 0.3) is 0 Å². The number of carboxylic acid groups (broad SMARTS) is 1. The highest BCUT2D eigenvalue weighted by atomic mass is 16.7. The van der Waals surface area contributed by atoms with Crippen LogP contribution in [0.1, 0.15) is 76.0 Å². The number of ether oxygens (including phenoxy) is 2. The quantitative estimate of drug-likeness (QED) is 0.372. The molecule has 0 bridgehead atoms. The number of nitrogens with one attached hydrogen (secondary N) is 1. The van der Waals surface area contributed by atoms with Gasteiger partial charge in [-0.2, -0.15) is 0 Å². The summed E-state index contributed by atoms with van der Waals surface area (Å²) >= 11 is 0. The van der Waals surface area contributed by atoms with Gasteiger partial charge in [0.05, 0.1) is 12.1 Å². The molecule has 2 atom stereocenters. The van der Waals surface area contributed by atoms with Gasteiger partial charge in [-0.3, -0.25) is 9.69 Å². The fraction of sp³-hybridized carbons (Fsp3) is 0.375. The Morgan fingerprint density at radius 3 is 2.31 bits per heavy atom. The lowest BCUT2D eigenvalue weighted by molar-refractivity contribution is -0.117. The van der Waals surface area contributed by atoms with Crippen LogP contribution in [0.3, 0.4) is 0 Å². The summed E-state index contributed by atoms with van der Waals surface area (Å²) in [6, 6.07) is 15.5. The van der Waals surface area contributed by atoms with Crippen molar-refractivity contribution in [3.05, 3.63) is 87.5 Å². The van der Waals surface area contributed by atoms with E-state index in [1.807, 2.05) is 19.1 Å². The van der Waals surface area contributed by atoms with Gasteiger partial charge in [-0.1, -0.05) is 49.7 Å². The number of likely N-dealkylation sites (tertiary alicyclic amines) is 1. The first-order valence-electron chi connectivity index (χ1n) is 13.7. The van der Waals surface area contributed by atoms with E-state index in [2.05, 4.69) is 55.3 Å². The number of nitrogens with zero attached hydrogens (tertiary/aromatic N) is 1. The number of carbonyl (C=O) groups is 2. The number of carboxylic acids is 1. The van der Waals surface area contributed by atoms with Crippen LogP contribution in [-0.2, 0) is 17.6 Å². The Bertz CT molecular complexity index is 1370. The second kappa shape index (κ2) is 11.1. The molecule has 1 fully saturated rings. The highest BCUT2D eigenvalue weighted by molar-refractivity contribution is 5.94. The first-order chi connectivity index (χ1) is 18.8. The standard InChI is InChI=1S/C32H36N2O5/c1-5-21-11-19(3)12-22(6-2)30(21)33-29(35)17-34-16-26(25-13-20(4)31-28(15-25)38-18-39-31)14-27(34)23-7-9-24(10-8-23)32(36)37/h7-13,15,26-27H,5-6,14,16-18H2,1-4H3,(H,33,35)(H,36,37). The number of benzene rings is 3. The fourth-order valence-electron chi connectivity index (χ4n) is 5.99. The van der Waals surface area contributed by atoms with Crippen molar-refractivity contribution in [3.8, 4) is 11.5 Å². The zero-order chi connectivity index (χ0) is 27.7. The van der Waals surface area contributed by atoms with Crippen molar-refractivity contribution in [1.82, 2.24) is 4.90 Å². The maximum atomic E-state index is 13.5. The van der Waals surface area contributed by atoms with Gasteiger partial charge in [0, 0.05) is 18.3 Å². The number of rotatable bonds is 8. The van der Waals surface area contributed by atoms with Gasteiger partial charge >= 0.3 is 5.97 Å². The lowest BCUT2D eigenvalue weighted by Crippen LogP contribution is -2.33. The summed E-state index contributed by atoms with van der Waals surface area (Å²) in [4.78, 5) is 27.1. The molecule has 7 nitrogen and oxygen atoms in total. The van der Waals surface area contributed by atoms with Gasteiger partial charge in [0.15, 0.2) is 11.5 Å². The van der Waals surface area contributed by atoms with Crippen LogP contribution >= 0.6 is 0 Å². The molecule has 0 aromatic heterocycles. The molecule has 3 aromatic carbocycles. The van der Waals surface area contributed by atoms with Gasteiger partial charge in [0.2, 0.25) is 12.7 Å².